The molecule has 0 amide bonds. The minimum absolute atomic E-state index is 0.0548. The van der Waals surface area contributed by atoms with Crippen LogP contribution in [-0.2, 0) is 5.41 Å². The first-order valence-corrected chi connectivity index (χ1v) is 8.45. The molecule has 0 atom stereocenters. The van der Waals surface area contributed by atoms with Crippen LogP contribution < -0.4 is 10.6 Å². The third-order valence-corrected chi connectivity index (χ3v) is 3.93. The minimum Gasteiger partial charge on any atom is -0.340 e. The van der Waals surface area contributed by atoms with Gasteiger partial charge in [0, 0.05) is 17.6 Å². The van der Waals surface area contributed by atoms with Crippen molar-refractivity contribution < 1.29 is 0 Å². The van der Waals surface area contributed by atoms with Crippen LogP contribution in [0.3, 0.4) is 0 Å². The van der Waals surface area contributed by atoms with Crippen molar-refractivity contribution >= 4 is 23.1 Å². The zero-order valence-electron chi connectivity index (χ0n) is 15.2. The van der Waals surface area contributed by atoms with Gasteiger partial charge in [0.25, 0.3) is 0 Å². The molecule has 1 aromatic heterocycles. The first-order valence-electron chi connectivity index (χ1n) is 8.45. The van der Waals surface area contributed by atoms with E-state index in [0.717, 1.165) is 17.2 Å². The third-order valence-electron chi connectivity index (χ3n) is 3.93. The van der Waals surface area contributed by atoms with E-state index < -0.39 is 0 Å². The minimum atomic E-state index is 0.0548. The van der Waals surface area contributed by atoms with Gasteiger partial charge >= 0.3 is 0 Å². The summed E-state index contributed by atoms with van der Waals surface area (Å²) >= 11 is 0. The molecule has 0 radical (unpaired) electrons. The molecular formula is C21H24N4. The van der Waals surface area contributed by atoms with Gasteiger partial charge in [-0.1, -0.05) is 51.1 Å². The van der Waals surface area contributed by atoms with E-state index in [2.05, 4.69) is 78.6 Å². The number of nitrogens with one attached hydrogen (secondary N) is 2. The van der Waals surface area contributed by atoms with Gasteiger partial charge in [0.2, 0.25) is 5.95 Å². The number of nitrogens with zero attached hydrogens (tertiary/aromatic N) is 2. The van der Waals surface area contributed by atoms with Gasteiger partial charge in [0.05, 0.1) is 0 Å². The first kappa shape index (κ1) is 17.0. The Hall–Kier alpha value is -2.88. The molecule has 2 aromatic carbocycles. The maximum atomic E-state index is 4.58. The largest absolute Gasteiger partial charge is 0.340 e. The number of anilines is 4. The lowest BCUT2D eigenvalue weighted by atomic mass is 9.86. The number of benzene rings is 2. The van der Waals surface area contributed by atoms with E-state index in [1.165, 1.54) is 11.1 Å². The Morgan fingerprint density at radius 3 is 2.44 bits per heavy atom. The van der Waals surface area contributed by atoms with E-state index in [-0.39, 0.29) is 5.41 Å². The van der Waals surface area contributed by atoms with Gasteiger partial charge in [0.15, 0.2) is 0 Å². The van der Waals surface area contributed by atoms with Crippen LogP contribution in [0.1, 0.15) is 31.9 Å². The van der Waals surface area contributed by atoms with Crippen LogP contribution in [0, 0.1) is 6.92 Å². The average Bonchev–Trinajstić information content (AvgIpc) is 2.55. The van der Waals surface area contributed by atoms with Crippen LogP contribution in [0.5, 0.6) is 0 Å². The second kappa shape index (κ2) is 6.93. The Labute approximate surface area is 149 Å². The highest BCUT2D eigenvalue weighted by molar-refractivity contribution is 5.63. The summed E-state index contributed by atoms with van der Waals surface area (Å²) in [5.41, 5.74) is 4.54. The smallest absolute Gasteiger partial charge is 0.229 e. The van der Waals surface area contributed by atoms with Crippen LogP contribution in [0.4, 0.5) is 23.1 Å². The van der Waals surface area contributed by atoms with Crippen LogP contribution in [-0.4, -0.2) is 9.97 Å². The predicted molar refractivity (Wildman–Crippen MR) is 105 cm³/mol. The zero-order chi connectivity index (χ0) is 17.9. The van der Waals surface area contributed by atoms with Crippen molar-refractivity contribution in [3.8, 4) is 0 Å². The number of hydrogen-bond donors (Lipinski definition) is 2. The monoisotopic (exact) mass is 332 g/mol. The quantitative estimate of drug-likeness (QED) is 0.656. The highest BCUT2D eigenvalue weighted by Crippen LogP contribution is 2.31. The maximum Gasteiger partial charge on any atom is 0.229 e. The van der Waals surface area contributed by atoms with Crippen molar-refractivity contribution in [2.24, 2.45) is 0 Å². The van der Waals surface area contributed by atoms with Gasteiger partial charge in [-0.3, -0.25) is 0 Å². The van der Waals surface area contributed by atoms with E-state index in [9.17, 15) is 0 Å². The average molecular weight is 332 g/mol. The second-order valence-electron chi connectivity index (χ2n) is 7.18. The van der Waals surface area contributed by atoms with Gasteiger partial charge in [-0.15, -0.1) is 0 Å². The van der Waals surface area contributed by atoms with Gasteiger partial charge in [0.1, 0.15) is 5.82 Å². The van der Waals surface area contributed by atoms with Crippen molar-refractivity contribution in [2.45, 2.75) is 33.1 Å². The molecule has 0 aliphatic carbocycles. The molecule has 3 rings (SSSR count). The number of rotatable bonds is 4. The normalized spacial score (nSPS) is 11.2. The molecule has 3 aromatic rings. The number of aromatic nitrogens is 2. The molecule has 0 spiro atoms. The molecule has 0 saturated carbocycles. The Morgan fingerprint density at radius 2 is 1.68 bits per heavy atom. The lowest BCUT2D eigenvalue weighted by molar-refractivity contribution is 0.592. The Kier molecular flexibility index (Phi) is 4.70. The SMILES string of the molecule is Cc1cccc(Nc2nccc(Nc3ccccc3C(C)(C)C)n2)c1. The molecule has 2 N–H and O–H groups in total. The van der Waals surface area contributed by atoms with Crippen LogP contribution in [0.2, 0.25) is 0 Å². The molecule has 4 heteroatoms. The number of para-hydroxylation sites is 1. The molecule has 1 heterocycles. The van der Waals surface area contributed by atoms with Gasteiger partial charge in [-0.25, -0.2) is 4.98 Å². The molecule has 4 nitrogen and oxygen atoms in total. The summed E-state index contributed by atoms with van der Waals surface area (Å²) in [6.45, 7) is 8.68. The second-order valence-corrected chi connectivity index (χ2v) is 7.18. The lowest BCUT2D eigenvalue weighted by Crippen LogP contribution is -2.13. The molecular weight excluding hydrogens is 308 g/mol. The van der Waals surface area contributed by atoms with Crippen LogP contribution in [0.15, 0.2) is 60.8 Å². The van der Waals surface area contributed by atoms with Gasteiger partial charge in [-0.2, -0.15) is 4.98 Å². The zero-order valence-corrected chi connectivity index (χ0v) is 15.2. The van der Waals surface area contributed by atoms with E-state index in [1.807, 2.05) is 24.3 Å². The highest BCUT2D eigenvalue weighted by Gasteiger charge is 2.17. The Morgan fingerprint density at radius 1 is 0.880 bits per heavy atom. The lowest BCUT2D eigenvalue weighted by Gasteiger charge is -2.23. The molecule has 0 aliphatic rings. The summed E-state index contributed by atoms with van der Waals surface area (Å²) < 4.78 is 0. The summed E-state index contributed by atoms with van der Waals surface area (Å²) in [5, 5.41) is 6.68. The Bertz CT molecular complexity index is 866. The first-order chi connectivity index (χ1) is 11.9. The summed E-state index contributed by atoms with van der Waals surface area (Å²) in [6.07, 6.45) is 1.76. The molecule has 0 unspecified atom stereocenters. The van der Waals surface area contributed by atoms with Crippen molar-refractivity contribution in [3.05, 3.63) is 71.9 Å². The summed E-state index contributed by atoms with van der Waals surface area (Å²) in [6, 6.07) is 18.4. The molecule has 0 saturated heterocycles. The topological polar surface area (TPSA) is 49.8 Å². The number of hydrogen-bond acceptors (Lipinski definition) is 4. The van der Waals surface area contributed by atoms with Crippen molar-refractivity contribution in [2.75, 3.05) is 10.6 Å². The number of aryl methyl sites for hydroxylation is 1. The summed E-state index contributed by atoms with van der Waals surface area (Å²) in [4.78, 5) is 8.90. The van der Waals surface area contributed by atoms with Crippen molar-refractivity contribution in [1.29, 1.82) is 0 Å². The van der Waals surface area contributed by atoms with E-state index in [1.54, 1.807) is 6.20 Å². The molecule has 0 bridgehead atoms. The summed E-state index contributed by atoms with van der Waals surface area (Å²) in [7, 11) is 0. The van der Waals surface area contributed by atoms with Crippen molar-refractivity contribution in [1.82, 2.24) is 9.97 Å². The van der Waals surface area contributed by atoms with Gasteiger partial charge < -0.3 is 10.6 Å². The molecule has 0 aliphatic heterocycles. The standard InChI is InChI=1S/C21H24N4/c1-15-8-7-9-16(14-15)23-20-22-13-12-19(25-20)24-18-11-6-5-10-17(18)21(2,3)4/h5-14H,1-4H3,(H2,22,23,24,25). The van der Waals surface area contributed by atoms with E-state index in [0.29, 0.717) is 5.95 Å². The molecule has 0 fully saturated rings. The van der Waals surface area contributed by atoms with Crippen LogP contribution >= 0.6 is 0 Å². The third kappa shape index (κ3) is 4.35. The van der Waals surface area contributed by atoms with Gasteiger partial charge in [-0.05, 0) is 47.7 Å². The molecule has 25 heavy (non-hydrogen) atoms. The van der Waals surface area contributed by atoms with Crippen molar-refractivity contribution in [3.63, 3.8) is 0 Å². The van der Waals surface area contributed by atoms with E-state index in [4.69, 9.17) is 0 Å². The fourth-order valence-corrected chi connectivity index (χ4v) is 2.72. The van der Waals surface area contributed by atoms with Crippen LogP contribution in [0.25, 0.3) is 0 Å². The fraction of sp³-hybridized carbons (Fsp3) is 0.238. The highest BCUT2D eigenvalue weighted by atomic mass is 15.1. The summed E-state index contributed by atoms with van der Waals surface area (Å²) in [5.74, 6) is 1.34. The fourth-order valence-electron chi connectivity index (χ4n) is 2.72. The Balaban J connectivity index is 1.83. The maximum absolute atomic E-state index is 4.58. The van der Waals surface area contributed by atoms with E-state index >= 15 is 0 Å². The predicted octanol–water partition coefficient (Wildman–Crippen LogP) is 5.57. The molecule has 128 valence electrons.